The van der Waals surface area contributed by atoms with Gasteiger partial charge in [-0.25, -0.2) is 0 Å². The summed E-state index contributed by atoms with van der Waals surface area (Å²) in [5.74, 6) is -3.15. The highest BCUT2D eigenvalue weighted by atomic mass is 19.4. The van der Waals surface area contributed by atoms with Crippen LogP contribution in [0.3, 0.4) is 0 Å². The molecule has 0 spiro atoms. The molecule has 0 atom stereocenters. The van der Waals surface area contributed by atoms with Crippen molar-refractivity contribution in [1.29, 1.82) is 0 Å². The molecule has 25 heavy (non-hydrogen) atoms. The van der Waals surface area contributed by atoms with E-state index < -0.39 is 29.7 Å². The van der Waals surface area contributed by atoms with Crippen molar-refractivity contribution in [3.8, 4) is 17.2 Å². The molecule has 1 aliphatic carbocycles. The SMILES string of the molecule is O=Cc1cc(OC(F)(F)F)c(O)cc1OCCOC1CC(C(=O)O)C1. The van der Waals surface area contributed by atoms with E-state index in [1.807, 2.05) is 0 Å². The number of aldehydes is 1. The van der Waals surface area contributed by atoms with Crippen LogP contribution in [0.25, 0.3) is 0 Å². The van der Waals surface area contributed by atoms with E-state index in [1.165, 1.54) is 0 Å². The Kier molecular flexibility index (Phi) is 5.73. The summed E-state index contributed by atoms with van der Waals surface area (Å²) in [6.07, 6.45) is -4.13. The summed E-state index contributed by atoms with van der Waals surface area (Å²) < 4.78 is 50.8. The monoisotopic (exact) mass is 364 g/mol. The van der Waals surface area contributed by atoms with Crippen LogP contribution in [0.15, 0.2) is 12.1 Å². The highest BCUT2D eigenvalue weighted by molar-refractivity contribution is 5.81. The van der Waals surface area contributed by atoms with Crippen LogP contribution in [0.5, 0.6) is 17.2 Å². The number of halogens is 3. The Labute approximate surface area is 139 Å². The van der Waals surface area contributed by atoms with Crippen LogP contribution in [-0.4, -0.2) is 48.1 Å². The second-order valence-corrected chi connectivity index (χ2v) is 5.37. The molecule has 0 aromatic heterocycles. The number of aromatic hydroxyl groups is 1. The fourth-order valence-corrected chi connectivity index (χ4v) is 2.26. The Balaban J connectivity index is 1.86. The van der Waals surface area contributed by atoms with Gasteiger partial charge < -0.3 is 24.4 Å². The van der Waals surface area contributed by atoms with Gasteiger partial charge in [-0.05, 0) is 18.9 Å². The zero-order valence-corrected chi connectivity index (χ0v) is 12.8. The number of benzene rings is 1. The van der Waals surface area contributed by atoms with Crippen LogP contribution < -0.4 is 9.47 Å². The van der Waals surface area contributed by atoms with E-state index in [4.69, 9.17) is 14.6 Å². The van der Waals surface area contributed by atoms with Gasteiger partial charge in [-0.2, -0.15) is 0 Å². The molecule has 0 saturated heterocycles. The molecule has 1 saturated carbocycles. The van der Waals surface area contributed by atoms with Crippen LogP contribution in [0.1, 0.15) is 23.2 Å². The summed E-state index contributed by atoms with van der Waals surface area (Å²) in [5, 5.41) is 18.3. The molecule has 2 rings (SSSR count). The highest BCUT2D eigenvalue weighted by Crippen LogP contribution is 2.36. The van der Waals surface area contributed by atoms with Crippen LogP contribution in [-0.2, 0) is 9.53 Å². The Morgan fingerprint density at radius 3 is 2.48 bits per heavy atom. The van der Waals surface area contributed by atoms with Crippen molar-refractivity contribution in [2.45, 2.75) is 25.3 Å². The average Bonchev–Trinajstić information content (AvgIpc) is 2.45. The van der Waals surface area contributed by atoms with E-state index in [0.717, 1.165) is 12.1 Å². The predicted octanol–water partition coefficient (Wildman–Crippen LogP) is 2.36. The molecule has 0 amide bonds. The molecular formula is C15H15F3O7. The van der Waals surface area contributed by atoms with Crippen molar-refractivity contribution in [1.82, 2.24) is 0 Å². The first-order valence-electron chi connectivity index (χ1n) is 7.24. The van der Waals surface area contributed by atoms with Crippen molar-refractivity contribution in [2.24, 2.45) is 5.92 Å². The molecule has 1 aromatic carbocycles. The third-order valence-corrected chi connectivity index (χ3v) is 3.58. The van der Waals surface area contributed by atoms with Crippen molar-refractivity contribution in [3.05, 3.63) is 17.7 Å². The third kappa shape index (κ3) is 5.24. The summed E-state index contributed by atoms with van der Waals surface area (Å²) in [7, 11) is 0. The summed E-state index contributed by atoms with van der Waals surface area (Å²) in [5.41, 5.74) is -0.230. The number of hydrogen-bond donors (Lipinski definition) is 2. The van der Waals surface area contributed by atoms with Gasteiger partial charge in [0.05, 0.1) is 24.2 Å². The van der Waals surface area contributed by atoms with Gasteiger partial charge in [0.15, 0.2) is 17.8 Å². The number of ether oxygens (including phenoxy) is 3. The van der Waals surface area contributed by atoms with Crippen LogP contribution in [0, 0.1) is 5.92 Å². The number of phenolic OH excluding ortho intramolecular Hbond substituents is 1. The quantitative estimate of drug-likeness (QED) is 0.539. The van der Waals surface area contributed by atoms with E-state index >= 15 is 0 Å². The lowest BCUT2D eigenvalue weighted by Crippen LogP contribution is -2.37. The zero-order chi connectivity index (χ0) is 18.6. The lowest BCUT2D eigenvalue weighted by Gasteiger charge is -2.32. The first-order chi connectivity index (χ1) is 11.7. The summed E-state index contributed by atoms with van der Waals surface area (Å²) in [6.45, 7) is 0.0604. The van der Waals surface area contributed by atoms with E-state index in [-0.39, 0.29) is 36.9 Å². The molecule has 1 fully saturated rings. The fraction of sp³-hybridized carbons (Fsp3) is 0.467. The highest BCUT2D eigenvalue weighted by Gasteiger charge is 2.35. The minimum Gasteiger partial charge on any atom is -0.504 e. The number of carboxylic acid groups (broad SMARTS) is 1. The van der Waals surface area contributed by atoms with Gasteiger partial charge in [0.1, 0.15) is 12.4 Å². The Morgan fingerprint density at radius 1 is 1.24 bits per heavy atom. The Bertz CT molecular complexity index is 639. The summed E-state index contributed by atoms with van der Waals surface area (Å²) in [6, 6.07) is 1.56. The van der Waals surface area contributed by atoms with Crippen molar-refractivity contribution in [2.75, 3.05) is 13.2 Å². The number of hydrogen-bond acceptors (Lipinski definition) is 6. The molecule has 0 unspecified atom stereocenters. The molecule has 2 N–H and O–H groups in total. The standard InChI is InChI=1S/C15H15F3O7/c16-15(17,18)25-13-5-9(7-19)12(6-11(13)20)24-2-1-23-10-3-8(4-10)14(21)22/h5-8,10,20H,1-4H2,(H,21,22). The van der Waals surface area contributed by atoms with Crippen molar-refractivity contribution in [3.63, 3.8) is 0 Å². The van der Waals surface area contributed by atoms with Crippen LogP contribution >= 0.6 is 0 Å². The van der Waals surface area contributed by atoms with E-state index in [2.05, 4.69) is 4.74 Å². The van der Waals surface area contributed by atoms with Crippen LogP contribution in [0.2, 0.25) is 0 Å². The van der Waals surface area contributed by atoms with E-state index in [9.17, 15) is 27.9 Å². The predicted molar refractivity (Wildman–Crippen MR) is 75.8 cm³/mol. The maximum absolute atomic E-state index is 12.2. The van der Waals surface area contributed by atoms with Crippen LogP contribution in [0.4, 0.5) is 13.2 Å². The third-order valence-electron chi connectivity index (χ3n) is 3.58. The molecular weight excluding hydrogens is 349 g/mol. The normalized spacial score (nSPS) is 19.8. The lowest BCUT2D eigenvalue weighted by molar-refractivity contribution is -0.275. The zero-order valence-electron chi connectivity index (χ0n) is 12.8. The summed E-state index contributed by atoms with van der Waals surface area (Å²) in [4.78, 5) is 21.6. The van der Waals surface area contributed by atoms with Gasteiger partial charge in [-0.3, -0.25) is 9.59 Å². The minimum atomic E-state index is -5.01. The first kappa shape index (κ1) is 18.8. The number of carbonyl (C=O) groups excluding carboxylic acids is 1. The maximum atomic E-state index is 12.2. The average molecular weight is 364 g/mol. The largest absolute Gasteiger partial charge is 0.573 e. The smallest absolute Gasteiger partial charge is 0.504 e. The Hall–Kier alpha value is -2.49. The molecule has 0 aliphatic heterocycles. The number of carboxylic acids is 1. The number of phenols is 1. The molecule has 1 aliphatic rings. The van der Waals surface area contributed by atoms with Crippen molar-refractivity contribution < 1.29 is 47.2 Å². The second kappa shape index (κ2) is 7.60. The van der Waals surface area contributed by atoms with E-state index in [0.29, 0.717) is 12.8 Å². The molecule has 7 nitrogen and oxygen atoms in total. The van der Waals surface area contributed by atoms with Gasteiger partial charge in [0.25, 0.3) is 0 Å². The first-order valence-corrected chi connectivity index (χ1v) is 7.24. The Morgan fingerprint density at radius 2 is 1.92 bits per heavy atom. The van der Waals surface area contributed by atoms with Gasteiger partial charge in [0.2, 0.25) is 0 Å². The molecule has 0 radical (unpaired) electrons. The minimum absolute atomic E-state index is 0.0337. The van der Waals surface area contributed by atoms with Gasteiger partial charge in [0, 0.05) is 6.07 Å². The van der Waals surface area contributed by atoms with Gasteiger partial charge >= 0.3 is 12.3 Å². The molecule has 1 aromatic rings. The number of rotatable bonds is 8. The molecule has 10 heteroatoms. The van der Waals surface area contributed by atoms with Gasteiger partial charge in [-0.1, -0.05) is 0 Å². The van der Waals surface area contributed by atoms with Gasteiger partial charge in [-0.15, -0.1) is 13.2 Å². The molecule has 138 valence electrons. The maximum Gasteiger partial charge on any atom is 0.573 e. The lowest BCUT2D eigenvalue weighted by atomic mass is 9.82. The number of carbonyl (C=O) groups is 2. The number of alkyl halides is 3. The second-order valence-electron chi connectivity index (χ2n) is 5.37. The molecule has 0 heterocycles. The fourth-order valence-electron chi connectivity index (χ4n) is 2.26. The molecule has 0 bridgehead atoms. The van der Waals surface area contributed by atoms with E-state index in [1.54, 1.807) is 0 Å². The number of aliphatic carboxylic acids is 1. The van der Waals surface area contributed by atoms with Crippen molar-refractivity contribution >= 4 is 12.3 Å². The topological polar surface area (TPSA) is 102 Å². The summed E-state index contributed by atoms with van der Waals surface area (Å²) >= 11 is 0.